The fourth-order valence-electron chi connectivity index (χ4n) is 1.20. The van der Waals surface area contributed by atoms with E-state index < -0.39 is 30.2 Å². The van der Waals surface area contributed by atoms with Crippen LogP contribution in [0, 0.1) is 0 Å². The normalized spacial score (nSPS) is 16.7. The summed E-state index contributed by atoms with van der Waals surface area (Å²) in [6, 6.07) is -0.252. The molecule has 18 heavy (non-hydrogen) atoms. The molecule has 0 aromatic carbocycles. The summed E-state index contributed by atoms with van der Waals surface area (Å²) < 4.78 is 62.3. The monoisotopic (exact) mass is 308 g/mol. The van der Waals surface area contributed by atoms with Gasteiger partial charge in [-0.2, -0.15) is 13.2 Å². The molecule has 0 saturated carbocycles. The fourth-order valence-corrected chi connectivity index (χ4v) is 6.50. The Hall–Kier alpha value is 0.0238. The molecule has 1 unspecified atom stereocenters. The predicted molar refractivity (Wildman–Crippen MR) is 62.0 cm³/mol. The topological polar surface area (TPSA) is 46.2 Å². The van der Waals surface area contributed by atoms with Crippen molar-refractivity contribution in [3.8, 4) is 0 Å². The van der Waals surface area contributed by atoms with Gasteiger partial charge in [-0.25, -0.2) is 0 Å². The maximum Gasteiger partial charge on any atom is 0.669 e. The third-order valence-electron chi connectivity index (χ3n) is 2.39. The highest BCUT2D eigenvalue weighted by Gasteiger charge is 2.51. The molecule has 0 N–H and O–H groups in total. The highest BCUT2D eigenvalue weighted by Crippen LogP contribution is 2.29. The van der Waals surface area contributed by atoms with Crippen molar-refractivity contribution < 1.29 is 35.0 Å². The second kappa shape index (κ2) is 6.98. The van der Waals surface area contributed by atoms with Crippen molar-refractivity contribution in [1.29, 1.82) is 0 Å². The first-order valence-electron chi connectivity index (χ1n) is 5.13. The highest BCUT2D eigenvalue weighted by atomic mass is 28.5. The molecule has 0 amide bonds. The molecule has 0 aromatic heterocycles. The molecule has 0 aliphatic heterocycles. The van der Waals surface area contributed by atoms with Crippen LogP contribution >= 0.6 is 0 Å². The highest BCUT2D eigenvalue weighted by molar-refractivity contribution is 6.75. The lowest BCUT2D eigenvalue weighted by molar-refractivity contribution is -0.131. The van der Waals surface area contributed by atoms with E-state index in [-0.39, 0.29) is 6.04 Å². The molecular weight excluding hydrogens is 289 g/mol. The summed E-state index contributed by atoms with van der Waals surface area (Å²) in [4.78, 5) is 0. The molecule has 0 saturated heterocycles. The zero-order valence-electron chi connectivity index (χ0n) is 11.1. The lowest BCUT2D eigenvalue weighted by atomic mass is 10.5. The predicted octanol–water partition coefficient (Wildman–Crippen LogP) is 2.05. The Morgan fingerprint density at radius 1 is 0.889 bits per heavy atom. The Labute approximate surface area is 107 Å². The molecule has 0 rings (SSSR count). The molecule has 0 bridgehead atoms. The molecule has 0 aliphatic rings. The molecule has 10 heteroatoms. The van der Waals surface area contributed by atoms with Gasteiger partial charge in [0.05, 0.1) is 0 Å². The fraction of sp³-hybridized carbons (Fsp3) is 1.00. The maximum atomic E-state index is 12.2. The van der Waals surface area contributed by atoms with Crippen molar-refractivity contribution in [3.05, 3.63) is 0 Å². The molecule has 110 valence electrons. The van der Waals surface area contributed by atoms with Crippen molar-refractivity contribution in [1.82, 2.24) is 0 Å². The van der Waals surface area contributed by atoms with Crippen molar-refractivity contribution in [2.75, 3.05) is 28.4 Å². The number of rotatable bonds is 8. The van der Waals surface area contributed by atoms with Gasteiger partial charge in [0.1, 0.15) is 0 Å². The van der Waals surface area contributed by atoms with Crippen molar-refractivity contribution >= 4 is 17.6 Å². The summed E-state index contributed by atoms with van der Waals surface area (Å²) in [7, 11) is -1.22. The van der Waals surface area contributed by atoms with Crippen LogP contribution < -0.4 is 0 Å². The van der Waals surface area contributed by atoms with E-state index in [1.807, 2.05) is 0 Å². The smallest absolute Gasteiger partial charge is 0.398 e. The van der Waals surface area contributed by atoms with Gasteiger partial charge in [0.15, 0.2) is 0 Å². The molecule has 5 nitrogen and oxygen atoms in total. The molecule has 0 heterocycles. The van der Waals surface area contributed by atoms with Crippen LogP contribution in [-0.4, -0.2) is 52.2 Å². The van der Waals surface area contributed by atoms with Crippen LogP contribution in [0.5, 0.6) is 0 Å². The van der Waals surface area contributed by atoms with Crippen LogP contribution in [0.15, 0.2) is 0 Å². The van der Waals surface area contributed by atoms with Crippen LogP contribution in [0.4, 0.5) is 13.2 Å². The summed E-state index contributed by atoms with van der Waals surface area (Å²) in [5.74, 6) is 0. The zero-order chi connectivity index (χ0) is 14.4. The average Bonchev–Trinajstić information content (AvgIpc) is 2.33. The molecular formula is C8H19F3O5Si2. The first kappa shape index (κ1) is 18.0. The van der Waals surface area contributed by atoms with Crippen LogP contribution in [0.1, 0.15) is 6.42 Å². The number of alkyl halides is 3. The van der Waals surface area contributed by atoms with Crippen molar-refractivity contribution in [2.45, 2.75) is 25.2 Å². The van der Waals surface area contributed by atoms with Gasteiger partial charge in [0.2, 0.25) is 0 Å². The van der Waals surface area contributed by atoms with E-state index in [4.69, 9.17) is 21.8 Å². The van der Waals surface area contributed by atoms with Gasteiger partial charge in [0, 0.05) is 34.9 Å². The van der Waals surface area contributed by atoms with E-state index in [0.717, 1.165) is 0 Å². The molecule has 0 aliphatic carbocycles. The number of halogens is 3. The molecule has 0 radical (unpaired) electrons. The third kappa shape index (κ3) is 5.78. The van der Waals surface area contributed by atoms with Gasteiger partial charge in [0.25, 0.3) is 0 Å². The first-order chi connectivity index (χ1) is 8.16. The Kier molecular flexibility index (Phi) is 6.99. The van der Waals surface area contributed by atoms with Gasteiger partial charge in [-0.15, -0.1) is 0 Å². The summed E-state index contributed by atoms with van der Waals surface area (Å²) in [5, 5.41) is 0. The SMILES string of the molecule is CO[Si](C)(CCC(F)(F)F)O[Si](OC)(OC)OC. The Morgan fingerprint density at radius 3 is 1.61 bits per heavy atom. The van der Waals surface area contributed by atoms with Gasteiger partial charge in [-0.1, -0.05) is 0 Å². The van der Waals surface area contributed by atoms with Gasteiger partial charge in [-0.05, 0) is 12.6 Å². The minimum Gasteiger partial charge on any atom is -0.398 e. The minimum atomic E-state index is -4.26. The van der Waals surface area contributed by atoms with E-state index in [1.165, 1.54) is 35.0 Å². The number of hydrogen-bond donors (Lipinski definition) is 0. The summed E-state index contributed by atoms with van der Waals surface area (Å²) in [6.07, 6.45) is -5.24. The third-order valence-corrected chi connectivity index (χ3v) is 8.63. The Bertz CT molecular complexity index is 241. The van der Waals surface area contributed by atoms with Crippen LogP contribution in [0.25, 0.3) is 0 Å². The number of hydrogen-bond acceptors (Lipinski definition) is 5. The van der Waals surface area contributed by atoms with Crippen molar-refractivity contribution in [2.24, 2.45) is 0 Å². The van der Waals surface area contributed by atoms with E-state index in [1.54, 1.807) is 0 Å². The standard InChI is InChI=1S/C8H19F3O5Si2/c1-12-17(5,7-6-8(9,10)11)16-18(13-2,14-3)15-4/h6-7H2,1-5H3. The summed E-state index contributed by atoms with van der Waals surface area (Å²) >= 11 is 0. The Morgan fingerprint density at radius 2 is 1.33 bits per heavy atom. The second-order valence-corrected chi connectivity index (χ2v) is 9.88. The summed E-state index contributed by atoms with van der Waals surface area (Å²) in [6.45, 7) is 1.51. The van der Waals surface area contributed by atoms with Gasteiger partial charge < -0.3 is 21.8 Å². The quantitative estimate of drug-likeness (QED) is 0.642. The van der Waals surface area contributed by atoms with E-state index >= 15 is 0 Å². The minimum absolute atomic E-state index is 0.252. The van der Waals surface area contributed by atoms with E-state index in [2.05, 4.69) is 0 Å². The molecule has 0 aromatic rings. The first-order valence-corrected chi connectivity index (χ1v) is 9.29. The largest absolute Gasteiger partial charge is 0.669 e. The zero-order valence-corrected chi connectivity index (χ0v) is 13.1. The average molecular weight is 308 g/mol. The van der Waals surface area contributed by atoms with Crippen LogP contribution in [0.3, 0.4) is 0 Å². The van der Waals surface area contributed by atoms with Gasteiger partial charge >= 0.3 is 23.8 Å². The Balaban J connectivity index is 4.73. The van der Waals surface area contributed by atoms with E-state index in [0.29, 0.717) is 0 Å². The molecule has 0 fully saturated rings. The lowest BCUT2D eigenvalue weighted by Gasteiger charge is -2.33. The van der Waals surface area contributed by atoms with Crippen LogP contribution in [0.2, 0.25) is 12.6 Å². The van der Waals surface area contributed by atoms with E-state index in [9.17, 15) is 13.2 Å². The van der Waals surface area contributed by atoms with Crippen LogP contribution in [-0.2, 0) is 21.8 Å². The maximum absolute atomic E-state index is 12.2. The molecule has 0 spiro atoms. The molecule has 1 atom stereocenters. The van der Waals surface area contributed by atoms with Gasteiger partial charge in [-0.3, -0.25) is 0 Å². The second-order valence-electron chi connectivity index (χ2n) is 3.67. The summed E-state index contributed by atoms with van der Waals surface area (Å²) in [5.41, 5.74) is 0. The van der Waals surface area contributed by atoms with Crippen molar-refractivity contribution in [3.63, 3.8) is 0 Å². The lowest BCUT2D eigenvalue weighted by Crippen LogP contribution is -2.56.